The van der Waals surface area contributed by atoms with E-state index in [2.05, 4.69) is 0 Å². The maximum absolute atomic E-state index is 9.41. The fourth-order valence-corrected chi connectivity index (χ4v) is 2.20. The van der Waals surface area contributed by atoms with E-state index in [1.54, 1.807) is 13.8 Å². The molecule has 0 aromatic heterocycles. The summed E-state index contributed by atoms with van der Waals surface area (Å²) < 4.78 is 27.3. The molecule has 4 atom stereocenters. The number of ether oxygens (including phenoxy) is 5. The zero-order valence-electron chi connectivity index (χ0n) is 9.93. The maximum Gasteiger partial charge on any atom is 0.223 e. The van der Waals surface area contributed by atoms with Gasteiger partial charge in [-0.1, -0.05) is 0 Å². The van der Waals surface area contributed by atoms with E-state index < -0.39 is 30.1 Å². The van der Waals surface area contributed by atoms with E-state index in [9.17, 15) is 5.11 Å². The summed E-state index contributed by atoms with van der Waals surface area (Å²) in [6, 6.07) is 0. The lowest BCUT2D eigenvalue weighted by Gasteiger charge is -2.31. The zero-order valence-corrected chi connectivity index (χ0v) is 9.93. The van der Waals surface area contributed by atoms with Gasteiger partial charge in [0.1, 0.15) is 18.8 Å². The third-order valence-electron chi connectivity index (χ3n) is 2.94. The molecule has 2 saturated heterocycles. The molecule has 6 heteroatoms. The molecule has 0 amide bonds. The molecule has 2 aliphatic rings. The molecule has 0 aliphatic carbocycles. The van der Waals surface area contributed by atoms with Crippen LogP contribution in [0.3, 0.4) is 0 Å². The van der Waals surface area contributed by atoms with Crippen molar-refractivity contribution in [2.45, 2.75) is 43.9 Å². The van der Waals surface area contributed by atoms with Crippen LogP contribution in [0.25, 0.3) is 0 Å². The van der Waals surface area contributed by atoms with Gasteiger partial charge in [-0.05, 0) is 13.8 Å². The van der Waals surface area contributed by atoms with Crippen LogP contribution in [0, 0.1) is 0 Å². The summed E-state index contributed by atoms with van der Waals surface area (Å²) in [5.74, 6) is -1.94. The van der Waals surface area contributed by atoms with E-state index in [0.29, 0.717) is 0 Å². The molecule has 2 rings (SSSR count). The van der Waals surface area contributed by atoms with E-state index in [-0.39, 0.29) is 6.61 Å². The molecule has 0 aromatic rings. The largest absolute Gasteiger partial charge is 0.391 e. The second-order valence-corrected chi connectivity index (χ2v) is 4.42. The average Bonchev–Trinajstić information content (AvgIpc) is 2.70. The topological polar surface area (TPSA) is 66.4 Å². The Kier molecular flexibility index (Phi) is 2.98. The van der Waals surface area contributed by atoms with Gasteiger partial charge < -0.3 is 28.8 Å². The summed E-state index contributed by atoms with van der Waals surface area (Å²) in [4.78, 5) is 0. The molecule has 0 saturated carbocycles. The first kappa shape index (κ1) is 12.2. The Morgan fingerprint density at radius 1 is 1.19 bits per heavy atom. The number of aliphatic hydroxyl groups is 1. The summed E-state index contributed by atoms with van der Waals surface area (Å²) in [5, 5.41) is 9.41. The van der Waals surface area contributed by atoms with Gasteiger partial charge in [0.2, 0.25) is 5.79 Å². The Balaban J connectivity index is 2.26. The third kappa shape index (κ3) is 1.66. The second kappa shape index (κ2) is 3.90. The molecule has 1 N–H and O–H groups in total. The highest BCUT2D eigenvalue weighted by molar-refractivity contribution is 5.00. The summed E-state index contributed by atoms with van der Waals surface area (Å²) in [5.41, 5.74) is 0. The summed E-state index contributed by atoms with van der Waals surface area (Å²) in [7, 11) is 2.97. The Morgan fingerprint density at radius 3 is 2.38 bits per heavy atom. The van der Waals surface area contributed by atoms with Crippen LogP contribution in [-0.4, -0.2) is 56.0 Å². The van der Waals surface area contributed by atoms with Crippen LogP contribution in [0.15, 0.2) is 0 Å². The first-order valence-corrected chi connectivity index (χ1v) is 5.20. The predicted octanol–water partition coefficient (Wildman–Crippen LogP) is -0.156. The van der Waals surface area contributed by atoms with Crippen LogP contribution < -0.4 is 0 Å². The number of fused-ring (bicyclic) bond motifs is 1. The van der Waals surface area contributed by atoms with Crippen molar-refractivity contribution in [3.05, 3.63) is 0 Å². The van der Waals surface area contributed by atoms with Gasteiger partial charge in [-0.2, -0.15) is 0 Å². The first-order chi connectivity index (χ1) is 7.48. The Hall–Kier alpha value is -0.240. The fourth-order valence-electron chi connectivity index (χ4n) is 2.20. The maximum atomic E-state index is 9.41. The van der Waals surface area contributed by atoms with Gasteiger partial charge >= 0.3 is 0 Å². The Labute approximate surface area is 94.4 Å². The normalized spacial score (nSPS) is 45.9. The summed E-state index contributed by atoms with van der Waals surface area (Å²) in [6.07, 6.45) is -1.49. The van der Waals surface area contributed by atoms with Crippen LogP contribution in [0.4, 0.5) is 0 Å². The van der Waals surface area contributed by atoms with Crippen molar-refractivity contribution in [3.63, 3.8) is 0 Å². The molecular formula is C10H18O6. The Bertz CT molecular complexity index is 262. The number of hydrogen-bond acceptors (Lipinski definition) is 6. The van der Waals surface area contributed by atoms with Gasteiger partial charge in [0.25, 0.3) is 0 Å². The predicted molar refractivity (Wildman–Crippen MR) is 52.5 cm³/mol. The van der Waals surface area contributed by atoms with Crippen molar-refractivity contribution in [2.75, 3.05) is 20.8 Å². The first-order valence-electron chi connectivity index (χ1n) is 5.20. The third-order valence-corrected chi connectivity index (χ3v) is 2.94. The number of rotatable bonds is 3. The summed E-state index contributed by atoms with van der Waals surface area (Å²) >= 11 is 0. The van der Waals surface area contributed by atoms with E-state index in [1.165, 1.54) is 14.2 Å². The minimum atomic E-state index is -1.21. The molecule has 16 heavy (non-hydrogen) atoms. The number of hydrogen-bond donors (Lipinski definition) is 1. The van der Waals surface area contributed by atoms with Gasteiger partial charge in [-0.25, -0.2) is 0 Å². The highest BCUT2D eigenvalue weighted by Gasteiger charge is 2.63. The van der Waals surface area contributed by atoms with Crippen molar-refractivity contribution in [1.29, 1.82) is 0 Å². The highest BCUT2D eigenvalue weighted by Crippen LogP contribution is 2.44. The number of aliphatic hydroxyl groups excluding tert-OH is 1. The van der Waals surface area contributed by atoms with Gasteiger partial charge in [-0.15, -0.1) is 0 Å². The molecule has 0 aromatic carbocycles. The standard InChI is InChI=1S/C10H18O6/c1-9(2)14-6-7(15-9)10(5-11,13-4)16-8(6)12-3/h6-8,11H,5H2,1-4H3/t6-,7+,8-,10-/m1/s1. The lowest BCUT2D eigenvalue weighted by atomic mass is 10.1. The second-order valence-electron chi connectivity index (χ2n) is 4.42. The van der Waals surface area contributed by atoms with Crippen LogP contribution >= 0.6 is 0 Å². The molecule has 0 spiro atoms. The van der Waals surface area contributed by atoms with Crippen molar-refractivity contribution >= 4 is 0 Å². The number of methoxy groups -OCH3 is 2. The molecule has 94 valence electrons. The van der Waals surface area contributed by atoms with Crippen LogP contribution in [0.2, 0.25) is 0 Å². The van der Waals surface area contributed by atoms with Crippen LogP contribution in [0.5, 0.6) is 0 Å². The SMILES string of the molecule is CO[C@@H]1O[C@@](CO)(OC)[C@H]2OC(C)(C)O[C@@H]12. The Morgan fingerprint density at radius 2 is 1.88 bits per heavy atom. The molecular weight excluding hydrogens is 216 g/mol. The van der Waals surface area contributed by atoms with Crippen molar-refractivity contribution in [3.8, 4) is 0 Å². The van der Waals surface area contributed by atoms with Crippen molar-refractivity contribution in [2.24, 2.45) is 0 Å². The minimum absolute atomic E-state index is 0.316. The van der Waals surface area contributed by atoms with Gasteiger partial charge in [-0.3, -0.25) is 0 Å². The van der Waals surface area contributed by atoms with Crippen molar-refractivity contribution < 1.29 is 28.8 Å². The monoisotopic (exact) mass is 234 g/mol. The molecule has 2 aliphatic heterocycles. The molecule has 0 bridgehead atoms. The van der Waals surface area contributed by atoms with Crippen molar-refractivity contribution in [1.82, 2.24) is 0 Å². The van der Waals surface area contributed by atoms with E-state index in [4.69, 9.17) is 23.7 Å². The highest BCUT2D eigenvalue weighted by atomic mass is 16.9. The van der Waals surface area contributed by atoms with Gasteiger partial charge in [0, 0.05) is 14.2 Å². The zero-order chi connectivity index (χ0) is 12.0. The van der Waals surface area contributed by atoms with Gasteiger partial charge in [0.05, 0.1) is 0 Å². The van der Waals surface area contributed by atoms with Crippen LogP contribution in [-0.2, 0) is 23.7 Å². The fraction of sp³-hybridized carbons (Fsp3) is 1.00. The summed E-state index contributed by atoms with van der Waals surface area (Å²) in [6.45, 7) is 3.29. The molecule has 6 nitrogen and oxygen atoms in total. The lowest BCUT2D eigenvalue weighted by Crippen LogP contribution is -2.48. The quantitative estimate of drug-likeness (QED) is 0.732. The van der Waals surface area contributed by atoms with E-state index in [1.807, 2.05) is 0 Å². The molecule has 2 heterocycles. The van der Waals surface area contributed by atoms with Gasteiger partial charge in [0.15, 0.2) is 12.1 Å². The molecule has 2 fully saturated rings. The van der Waals surface area contributed by atoms with E-state index >= 15 is 0 Å². The lowest BCUT2D eigenvalue weighted by molar-refractivity contribution is -0.323. The van der Waals surface area contributed by atoms with Crippen LogP contribution in [0.1, 0.15) is 13.8 Å². The smallest absolute Gasteiger partial charge is 0.223 e. The van der Waals surface area contributed by atoms with E-state index in [0.717, 1.165) is 0 Å². The molecule has 0 unspecified atom stereocenters. The molecule has 0 radical (unpaired) electrons. The minimum Gasteiger partial charge on any atom is -0.391 e. The average molecular weight is 234 g/mol.